The average molecular weight is 668 g/mol. The zero-order valence-corrected chi connectivity index (χ0v) is 24.0. The minimum atomic E-state index is -0.795. The van der Waals surface area contributed by atoms with Gasteiger partial charge in [0.15, 0.2) is 17.6 Å². The van der Waals surface area contributed by atoms with Gasteiger partial charge in [0.25, 0.3) is 5.56 Å². The Kier molecular flexibility index (Phi) is 8.66. The van der Waals surface area contributed by atoms with Crippen LogP contribution in [0.3, 0.4) is 0 Å². The van der Waals surface area contributed by atoms with E-state index in [1.54, 1.807) is 25.3 Å². The number of carbonyl (C=O) groups excluding carboxylic acids is 1. The van der Waals surface area contributed by atoms with E-state index < -0.39 is 12.1 Å². The lowest BCUT2D eigenvalue weighted by Gasteiger charge is -2.22. The third-order valence-corrected chi connectivity index (χ3v) is 7.50. The number of nitrogens with zero attached hydrogens (tertiary/aromatic N) is 3. The van der Waals surface area contributed by atoms with Gasteiger partial charge in [-0.15, -0.1) is 0 Å². The number of aromatic nitrogens is 2. The third-order valence-electron chi connectivity index (χ3n) is 6.21. The minimum absolute atomic E-state index is 0.182. The molecule has 1 saturated carbocycles. The summed E-state index contributed by atoms with van der Waals surface area (Å²) in [5, 5.41) is 5.12. The largest absolute Gasteiger partial charge is 0.493 e. The number of hydrogen-bond acceptors (Lipinski definition) is 7. The van der Waals surface area contributed by atoms with E-state index in [9.17, 15) is 9.59 Å². The summed E-state index contributed by atoms with van der Waals surface area (Å²) in [5.74, 6) is 1.27. The molecule has 190 valence electrons. The number of carbonyl (C=O) groups is 1. The zero-order valence-electron chi connectivity index (χ0n) is 20.3. The normalized spacial score (nSPS) is 15.2. The highest BCUT2D eigenvalue weighted by molar-refractivity contribution is 14.1. The van der Waals surface area contributed by atoms with Gasteiger partial charge in [-0.3, -0.25) is 4.79 Å². The summed E-state index contributed by atoms with van der Waals surface area (Å²) in [6, 6.07) is 9.14. The topological polar surface area (TPSA) is 92.0 Å². The van der Waals surface area contributed by atoms with Crippen molar-refractivity contribution in [3.8, 4) is 11.5 Å². The molecule has 1 atom stereocenters. The summed E-state index contributed by atoms with van der Waals surface area (Å²) in [6.45, 7) is 1.61. The SMILES string of the molecule is COC(=O)[C@H](C)Oc1c(I)cc(C=Nn2c(C3CCCCC3)nc3ccc(Br)cc3c2=O)cc1OC. The molecule has 0 spiro atoms. The average Bonchev–Trinajstić information content (AvgIpc) is 2.89. The smallest absolute Gasteiger partial charge is 0.346 e. The van der Waals surface area contributed by atoms with Crippen LogP contribution in [0.25, 0.3) is 10.9 Å². The Balaban J connectivity index is 1.76. The van der Waals surface area contributed by atoms with E-state index in [-0.39, 0.29) is 11.5 Å². The third kappa shape index (κ3) is 5.74. The lowest BCUT2D eigenvalue weighted by atomic mass is 9.88. The summed E-state index contributed by atoms with van der Waals surface area (Å²) in [7, 11) is 2.84. The Hall–Kier alpha value is -2.47. The number of esters is 1. The van der Waals surface area contributed by atoms with Crippen LogP contribution in [0.4, 0.5) is 0 Å². The van der Waals surface area contributed by atoms with E-state index in [0.717, 1.165) is 33.7 Å². The highest BCUT2D eigenvalue weighted by Gasteiger charge is 2.23. The molecule has 1 aliphatic rings. The Bertz CT molecular complexity index is 1370. The van der Waals surface area contributed by atoms with Crippen molar-refractivity contribution < 1.29 is 19.0 Å². The quantitative estimate of drug-likeness (QED) is 0.184. The van der Waals surface area contributed by atoms with E-state index in [4.69, 9.17) is 19.2 Å². The van der Waals surface area contributed by atoms with Crippen LogP contribution < -0.4 is 15.0 Å². The Labute approximate surface area is 231 Å². The number of ether oxygens (including phenoxy) is 3. The van der Waals surface area contributed by atoms with E-state index in [0.29, 0.717) is 33.8 Å². The fraction of sp³-hybridized carbons (Fsp3) is 0.385. The molecule has 1 aromatic heterocycles. The van der Waals surface area contributed by atoms with Crippen LogP contribution >= 0.6 is 38.5 Å². The first-order valence-electron chi connectivity index (χ1n) is 11.7. The van der Waals surface area contributed by atoms with Gasteiger partial charge in [0, 0.05) is 10.4 Å². The first-order chi connectivity index (χ1) is 17.3. The molecule has 0 radical (unpaired) electrons. The van der Waals surface area contributed by atoms with Crippen molar-refractivity contribution in [3.63, 3.8) is 0 Å². The van der Waals surface area contributed by atoms with Crippen molar-refractivity contribution in [2.24, 2.45) is 5.10 Å². The molecular weight excluding hydrogens is 641 g/mol. The molecule has 4 rings (SSSR count). The maximum atomic E-state index is 13.5. The fourth-order valence-electron chi connectivity index (χ4n) is 4.35. The van der Waals surface area contributed by atoms with Gasteiger partial charge in [-0.25, -0.2) is 9.78 Å². The Morgan fingerprint density at radius 2 is 1.97 bits per heavy atom. The second-order valence-electron chi connectivity index (χ2n) is 8.65. The molecule has 1 heterocycles. The van der Waals surface area contributed by atoms with Gasteiger partial charge in [-0.2, -0.15) is 9.78 Å². The summed E-state index contributed by atoms with van der Waals surface area (Å²) in [4.78, 5) is 30.2. The molecule has 10 heteroatoms. The Morgan fingerprint density at radius 1 is 1.22 bits per heavy atom. The van der Waals surface area contributed by atoms with Crippen molar-refractivity contribution in [2.75, 3.05) is 14.2 Å². The van der Waals surface area contributed by atoms with Gasteiger partial charge in [-0.05, 0) is 78.3 Å². The summed E-state index contributed by atoms with van der Waals surface area (Å²) in [6.07, 6.45) is 6.23. The number of halogens is 2. The number of fused-ring (bicyclic) bond motifs is 1. The lowest BCUT2D eigenvalue weighted by Crippen LogP contribution is -2.25. The number of benzene rings is 2. The molecule has 2 aromatic carbocycles. The van der Waals surface area contributed by atoms with Gasteiger partial charge in [0.05, 0.1) is 34.9 Å². The highest BCUT2D eigenvalue weighted by Crippen LogP contribution is 2.35. The monoisotopic (exact) mass is 667 g/mol. The molecule has 1 aliphatic carbocycles. The van der Waals surface area contributed by atoms with E-state index in [1.807, 2.05) is 18.2 Å². The van der Waals surface area contributed by atoms with Gasteiger partial charge in [0.1, 0.15) is 5.82 Å². The molecule has 36 heavy (non-hydrogen) atoms. The number of hydrogen-bond donors (Lipinski definition) is 0. The molecule has 0 N–H and O–H groups in total. The van der Waals surface area contributed by atoms with Gasteiger partial charge in [-0.1, -0.05) is 35.2 Å². The molecule has 8 nitrogen and oxygen atoms in total. The van der Waals surface area contributed by atoms with E-state index >= 15 is 0 Å². The van der Waals surface area contributed by atoms with Crippen LogP contribution in [-0.4, -0.2) is 42.2 Å². The fourth-order valence-corrected chi connectivity index (χ4v) is 5.46. The molecule has 0 bridgehead atoms. The van der Waals surface area contributed by atoms with Crippen molar-refractivity contribution in [1.29, 1.82) is 0 Å². The molecule has 0 unspecified atom stereocenters. The standard InChI is InChI=1S/C26H27BrIN3O5/c1-15(26(33)35-3)36-23-20(28)11-16(12-22(23)34-2)14-29-31-24(17-7-5-4-6-8-17)30-21-10-9-18(27)13-19(21)25(31)32/h9-15,17H,4-8H2,1-3H3/t15-/m0/s1. The van der Waals surface area contributed by atoms with Crippen LogP contribution in [-0.2, 0) is 9.53 Å². The molecule has 0 aliphatic heterocycles. The first kappa shape index (κ1) is 26.6. The van der Waals surface area contributed by atoms with Crippen LogP contribution in [0.15, 0.2) is 44.7 Å². The highest BCUT2D eigenvalue weighted by atomic mass is 127. The summed E-state index contributed by atoms with van der Waals surface area (Å²) in [5.41, 5.74) is 1.18. The molecule has 0 amide bonds. The minimum Gasteiger partial charge on any atom is -0.493 e. The first-order valence-corrected chi connectivity index (χ1v) is 13.6. The van der Waals surface area contributed by atoms with Crippen molar-refractivity contribution >= 4 is 61.6 Å². The van der Waals surface area contributed by atoms with E-state index in [1.165, 1.54) is 25.3 Å². The second kappa shape index (κ2) is 11.7. The summed E-state index contributed by atoms with van der Waals surface area (Å²) < 4.78 is 19.0. The molecular formula is C26H27BrIN3O5. The molecule has 0 saturated heterocycles. The second-order valence-corrected chi connectivity index (χ2v) is 10.7. The van der Waals surface area contributed by atoms with Crippen molar-refractivity contribution in [2.45, 2.75) is 51.0 Å². The van der Waals surface area contributed by atoms with Crippen LogP contribution in [0.5, 0.6) is 11.5 Å². The number of methoxy groups -OCH3 is 2. The maximum absolute atomic E-state index is 13.5. The maximum Gasteiger partial charge on any atom is 0.346 e. The summed E-state index contributed by atoms with van der Waals surface area (Å²) >= 11 is 5.57. The van der Waals surface area contributed by atoms with Crippen LogP contribution in [0.2, 0.25) is 0 Å². The van der Waals surface area contributed by atoms with E-state index in [2.05, 4.69) is 43.6 Å². The van der Waals surface area contributed by atoms with Crippen molar-refractivity contribution in [1.82, 2.24) is 9.66 Å². The predicted octanol–water partition coefficient (Wildman–Crippen LogP) is 5.64. The molecule has 3 aromatic rings. The Morgan fingerprint density at radius 3 is 2.67 bits per heavy atom. The molecule has 1 fully saturated rings. The van der Waals surface area contributed by atoms with Crippen LogP contribution in [0, 0.1) is 3.57 Å². The van der Waals surface area contributed by atoms with Gasteiger partial charge < -0.3 is 14.2 Å². The zero-order chi connectivity index (χ0) is 25.8. The predicted molar refractivity (Wildman–Crippen MR) is 150 cm³/mol. The van der Waals surface area contributed by atoms with Gasteiger partial charge >= 0.3 is 5.97 Å². The lowest BCUT2D eigenvalue weighted by molar-refractivity contribution is -0.147. The number of rotatable bonds is 7. The van der Waals surface area contributed by atoms with Crippen molar-refractivity contribution in [3.05, 3.63) is 60.1 Å². The van der Waals surface area contributed by atoms with Crippen LogP contribution in [0.1, 0.15) is 56.3 Å². The van der Waals surface area contributed by atoms with Gasteiger partial charge in [0.2, 0.25) is 0 Å².